The van der Waals surface area contributed by atoms with Gasteiger partial charge in [0.15, 0.2) is 0 Å². The van der Waals surface area contributed by atoms with E-state index in [1.807, 2.05) is 25.1 Å². The topological polar surface area (TPSA) is 32.3 Å². The predicted molar refractivity (Wildman–Crippen MR) is 81.5 cm³/mol. The fourth-order valence-corrected chi connectivity index (χ4v) is 3.19. The normalized spacial score (nSPS) is 20.3. The zero-order valence-electron chi connectivity index (χ0n) is 11.6. The smallest absolute Gasteiger partial charge is 0.252 e. The van der Waals surface area contributed by atoms with Gasteiger partial charge in [-0.2, -0.15) is 0 Å². The van der Waals surface area contributed by atoms with Crippen LogP contribution in [0.5, 0.6) is 0 Å². The number of carbonyl (C=O) groups is 1. The molecule has 4 heteroatoms. The van der Waals surface area contributed by atoms with Crippen LogP contribution in [0.15, 0.2) is 22.7 Å². The Kier molecular flexibility index (Phi) is 4.99. The van der Waals surface area contributed by atoms with Crippen molar-refractivity contribution in [3.05, 3.63) is 33.8 Å². The zero-order chi connectivity index (χ0) is 13.8. The van der Waals surface area contributed by atoms with Crippen LogP contribution in [0.2, 0.25) is 0 Å². The molecular weight excluding hydrogens is 304 g/mol. The van der Waals surface area contributed by atoms with Crippen molar-refractivity contribution >= 4 is 21.8 Å². The number of nitrogens with one attached hydrogen (secondary N) is 1. The summed E-state index contributed by atoms with van der Waals surface area (Å²) in [7, 11) is 2.14. The van der Waals surface area contributed by atoms with Crippen molar-refractivity contribution in [1.82, 2.24) is 10.2 Å². The number of rotatable bonds is 3. The maximum atomic E-state index is 12.2. The number of nitrogens with zero attached hydrogens (tertiary/aromatic N) is 1. The first-order valence-corrected chi connectivity index (χ1v) is 7.62. The Morgan fingerprint density at radius 1 is 1.47 bits per heavy atom. The monoisotopic (exact) mass is 324 g/mol. The minimum absolute atomic E-state index is 0.00542. The molecule has 1 aliphatic rings. The maximum absolute atomic E-state index is 12.2. The van der Waals surface area contributed by atoms with Gasteiger partial charge >= 0.3 is 0 Å². The van der Waals surface area contributed by atoms with E-state index in [-0.39, 0.29) is 5.91 Å². The molecule has 19 heavy (non-hydrogen) atoms. The predicted octanol–water partition coefficient (Wildman–Crippen LogP) is 2.97. The van der Waals surface area contributed by atoms with Gasteiger partial charge in [-0.15, -0.1) is 0 Å². The standard InChI is InChI=1S/C15H21BrN2O/c1-11-6-7-13(14(16)9-11)15(19)17-10-12-5-3-4-8-18(12)2/h6-7,9,12H,3-5,8,10H2,1-2H3,(H,17,19). The summed E-state index contributed by atoms with van der Waals surface area (Å²) >= 11 is 3.45. The van der Waals surface area contributed by atoms with Crippen molar-refractivity contribution in [3.8, 4) is 0 Å². The second-order valence-electron chi connectivity index (χ2n) is 5.32. The average Bonchev–Trinajstić information content (AvgIpc) is 2.37. The van der Waals surface area contributed by atoms with Gasteiger partial charge in [0.1, 0.15) is 0 Å². The van der Waals surface area contributed by atoms with E-state index in [1.54, 1.807) is 0 Å². The van der Waals surface area contributed by atoms with Crippen molar-refractivity contribution in [3.63, 3.8) is 0 Å². The molecule has 1 heterocycles. The summed E-state index contributed by atoms with van der Waals surface area (Å²) in [5.41, 5.74) is 1.86. The summed E-state index contributed by atoms with van der Waals surface area (Å²) in [6.07, 6.45) is 3.70. The molecule has 0 saturated carbocycles. The minimum Gasteiger partial charge on any atom is -0.350 e. The van der Waals surface area contributed by atoms with Gasteiger partial charge in [-0.05, 0) is 67.0 Å². The third-order valence-electron chi connectivity index (χ3n) is 3.79. The van der Waals surface area contributed by atoms with Gasteiger partial charge in [0.25, 0.3) is 5.91 Å². The molecule has 3 nitrogen and oxygen atoms in total. The second-order valence-corrected chi connectivity index (χ2v) is 6.18. The van der Waals surface area contributed by atoms with E-state index in [1.165, 1.54) is 19.3 Å². The lowest BCUT2D eigenvalue weighted by atomic mass is 10.0. The molecule has 0 bridgehead atoms. The quantitative estimate of drug-likeness (QED) is 0.927. The Hall–Kier alpha value is -0.870. The van der Waals surface area contributed by atoms with E-state index >= 15 is 0 Å². The van der Waals surface area contributed by atoms with E-state index in [2.05, 4.69) is 33.2 Å². The van der Waals surface area contributed by atoms with Crippen LogP contribution in [0.4, 0.5) is 0 Å². The average molecular weight is 325 g/mol. The molecule has 104 valence electrons. The number of likely N-dealkylation sites (N-methyl/N-ethyl adjacent to an activating group) is 1. The van der Waals surface area contributed by atoms with Gasteiger partial charge in [0.05, 0.1) is 5.56 Å². The molecule has 1 atom stereocenters. The lowest BCUT2D eigenvalue weighted by Crippen LogP contribution is -2.44. The number of aryl methyl sites for hydroxylation is 1. The largest absolute Gasteiger partial charge is 0.350 e. The Bertz CT molecular complexity index is 461. The van der Waals surface area contributed by atoms with Gasteiger partial charge in [0, 0.05) is 17.1 Å². The van der Waals surface area contributed by atoms with Crippen LogP contribution in [-0.4, -0.2) is 37.0 Å². The molecule has 0 aliphatic carbocycles. The lowest BCUT2D eigenvalue weighted by molar-refractivity contribution is 0.0928. The zero-order valence-corrected chi connectivity index (χ0v) is 13.2. The number of likely N-dealkylation sites (tertiary alicyclic amines) is 1. The molecule has 1 unspecified atom stereocenters. The molecule has 1 aromatic carbocycles. The first-order valence-electron chi connectivity index (χ1n) is 6.82. The molecule has 1 aliphatic heterocycles. The second kappa shape index (κ2) is 6.53. The summed E-state index contributed by atoms with van der Waals surface area (Å²) in [5.74, 6) is 0.00542. The Morgan fingerprint density at radius 3 is 2.95 bits per heavy atom. The van der Waals surface area contributed by atoms with E-state index in [0.717, 1.165) is 23.1 Å². The van der Waals surface area contributed by atoms with Crippen LogP contribution < -0.4 is 5.32 Å². The molecule has 2 rings (SSSR count). The molecule has 0 radical (unpaired) electrons. The molecule has 1 aromatic rings. The third-order valence-corrected chi connectivity index (χ3v) is 4.45. The van der Waals surface area contributed by atoms with Gasteiger partial charge in [-0.25, -0.2) is 0 Å². The van der Waals surface area contributed by atoms with E-state index < -0.39 is 0 Å². The summed E-state index contributed by atoms with van der Waals surface area (Å²) in [6.45, 7) is 3.88. The van der Waals surface area contributed by atoms with Crippen LogP contribution in [0.3, 0.4) is 0 Å². The molecular formula is C15H21BrN2O. The summed E-state index contributed by atoms with van der Waals surface area (Å²) in [4.78, 5) is 14.5. The minimum atomic E-state index is 0.00542. The first-order chi connectivity index (χ1) is 9.08. The lowest BCUT2D eigenvalue weighted by Gasteiger charge is -2.32. The van der Waals surface area contributed by atoms with Gasteiger partial charge in [-0.1, -0.05) is 12.5 Å². The van der Waals surface area contributed by atoms with Gasteiger partial charge in [-0.3, -0.25) is 4.79 Å². The number of piperidine rings is 1. The fourth-order valence-electron chi connectivity index (χ4n) is 2.51. The molecule has 1 N–H and O–H groups in total. The van der Waals surface area contributed by atoms with Gasteiger partial charge in [0.2, 0.25) is 0 Å². The molecule has 1 amide bonds. The highest BCUT2D eigenvalue weighted by molar-refractivity contribution is 9.10. The number of amides is 1. The molecule has 0 aromatic heterocycles. The summed E-state index contributed by atoms with van der Waals surface area (Å²) in [5, 5.41) is 3.05. The van der Waals surface area contributed by atoms with Gasteiger partial charge < -0.3 is 10.2 Å². The van der Waals surface area contributed by atoms with Crippen molar-refractivity contribution in [2.24, 2.45) is 0 Å². The van der Waals surface area contributed by atoms with Crippen molar-refractivity contribution in [2.75, 3.05) is 20.1 Å². The van der Waals surface area contributed by atoms with Crippen LogP contribution in [-0.2, 0) is 0 Å². The van der Waals surface area contributed by atoms with E-state index in [4.69, 9.17) is 0 Å². The van der Waals surface area contributed by atoms with Crippen LogP contribution in [0, 0.1) is 6.92 Å². The highest BCUT2D eigenvalue weighted by Crippen LogP contribution is 2.19. The van der Waals surface area contributed by atoms with E-state index in [0.29, 0.717) is 11.6 Å². The summed E-state index contributed by atoms with van der Waals surface area (Å²) < 4.78 is 0.863. The summed E-state index contributed by atoms with van der Waals surface area (Å²) in [6, 6.07) is 6.29. The SMILES string of the molecule is Cc1ccc(C(=O)NCC2CCCCN2C)c(Br)c1. The maximum Gasteiger partial charge on any atom is 0.252 e. The van der Waals surface area contributed by atoms with Crippen LogP contribution in [0.25, 0.3) is 0 Å². The van der Waals surface area contributed by atoms with E-state index in [9.17, 15) is 4.79 Å². The Balaban J connectivity index is 1.93. The Morgan fingerprint density at radius 2 is 2.26 bits per heavy atom. The molecule has 1 saturated heterocycles. The molecule has 1 fully saturated rings. The number of carbonyl (C=O) groups excluding carboxylic acids is 1. The van der Waals surface area contributed by atoms with Crippen molar-refractivity contribution in [1.29, 1.82) is 0 Å². The number of benzene rings is 1. The third kappa shape index (κ3) is 3.80. The highest BCUT2D eigenvalue weighted by Gasteiger charge is 2.20. The fraction of sp³-hybridized carbons (Fsp3) is 0.533. The first kappa shape index (κ1) is 14.5. The molecule has 0 spiro atoms. The highest BCUT2D eigenvalue weighted by atomic mass is 79.9. The van der Waals surface area contributed by atoms with Crippen molar-refractivity contribution in [2.45, 2.75) is 32.2 Å². The Labute approximate surface area is 123 Å². The number of halogens is 1. The van der Waals surface area contributed by atoms with Crippen LogP contribution >= 0.6 is 15.9 Å². The number of hydrogen-bond donors (Lipinski definition) is 1. The van der Waals surface area contributed by atoms with Crippen molar-refractivity contribution < 1.29 is 4.79 Å². The van der Waals surface area contributed by atoms with Crippen LogP contribution in [0.1, 0.15) is 35.2 Å². The number of hydrogen-bond acceptors (Lipinski definition) is 2.